The van der Waals surface area contributed by atoms with E-state index in [0.717, 1.165) is 24.1 Å². The van der Waals surface area contributed by atoms with Crippen LogP contribution in [0.5, 0.6) is 5.88 Å². The Bertz CT molecular complexity index is 2610. The fourth-order valence-electron chi connectivity index (χ4n) is 8.20. The molecule has 2 aliphatic carbocycles. The van der Waals surface area contributed by atoms with Crippen molar-refractivity contribution in [2.24, 2.45) is 5.92 Å². The van der Waals surface area contributed by atoms with E-state index in [1.165, 1.54) is 17.0 Å². The molecular formula is C44H49F3N6O9S. The molecule has 0 spiro atoms. The Hall–Kier alpha value is -5.72. The van der Waals surface area contributed by atoms with Crippen LogP contribution in [-0.2, 0) is 35.3 Å². The summed E-state index contributed by atoms with van der Waals surface area (Å²) in [7, 11) is -3.98. The average Bonchev–Trinajstić information content (AvgIpc) is 4.11. The van der Waals surface area contributed by atoms with E-state index in [2.05, 4.69) is 20.3 Å². The largest absolute Gasteiger partial charge is 0.470 e. The van der Waals surface area contributed by atoms with E-state index in [9.17, 15) is 40.8 Å². The molecule has 4 heterocycles. The first kappa shape index (κ1) is 43.9. The quantitative estimate of drug-likeness (QED) is 0.169. The minimum absolute atomic E-state index is 0.0284. The zero-order valence-corrected chi connectivity index (χ0v) is 36.0. The van der Waals surface area contributed by atoms with E-state index >= 15 is 0 Å². The van der Waals surface area contributed by atoms with Crippen molar-refractivity contribution in [1.29, 1.82) is 0 Å². The van der Waals surface area contributed by atoms with Gasteiger partial charge in [-0.05, 0) is 90.5 Å². The third-order valence-electron chi connectivity index (χ3n) is 11.7. The van der Waals surface area contributed by atoms with Gasteiger partial charge in [-0.3, -0.25) is 19.1 Å². The molecule has 4 aliphatic rings. The Kier molecular flexibility index (Phi) is 11.5. The predicted molar refractivity (Wildman–Crippen MR) is 223 cm³/mol. The van der Waals surface area contributed by atoms with E-state index in [1.54, 1.807) is 26.8 Å². The number of nitrogens with one attached hydrogen (secondary N) is 3. The van der Waals surface area contributed by atoms with Gasteiger partial charge in [-0.1, -0.05) is 48.8 Å². The highest BCUT2D eigenvalue weighted by Gasteiger charge is 2.62. The van der Waals surface area contributed by atoms with Gasteiger partial charge in [0.1, 0.15) is 40.4 Å². The highest BCUT2D eigenvalue weighted by Crippen LogP contribution is 2.46. The summed E-state index contributed by atoms with van der Waals surface area (Å²) in [5, 5.41) is 5.43. The molecule has 8 rings (SSSR count). The number of aromatic nitrogens is 2. The number of furan rings is 1. The van der Waals surface area contributed by atoms with Crippen LogP contribution >= 0.6 is 0 Å². The smallest absolute Gasteiger partial charge is 0.416 e. The second kappa shape index (κ2) is 16.4. The highest BCUT2D eigenvalue weighted by molar-refractivity contribution is 7.91. The third-order valence-corrected chi connectivity index (χ3v) is 13.5. The van der Waals surface area contributed by atoms with Gasteiger partial charge >= 0.3 is 12.3 Å². The zero-order chi connectivity index (χ0) is 45.1. The number of sulfonamides is 1. The molecule has 3 fully saturated rings. The molecule has 0 bridgehead atoms. The van der Waals surface area contributed by atoms with Crippen LogP contribution in [0.15, 0.2) is 59.0 Å². The molecule has 19 heteroatoms. The molecule has 4 amide bonds. The topological polar surface area (TPSA) is 199 Å². The number of amides is 4. The van der Waals surface area contributed by atoms with E-state index in [4.69, 9.17) is 18.9 Å². The lowest BCUT2D eigenvalue weighted by Gasteiger charge is -2.30. The molecule has 336 valence electrons. The first-order chi connectivity index (χ1) is 29.7. The first-order valence-electron chi connectivity index (χ1n) is 21.1. The number of aryl methyl sites for hydroxylation is 1. The zero-order valence-electron chi connectivity index (χ0n) is 35.2. The van der Waals surface area contributed by atoms with Crippen molar-refractivity contribution in [2.45, 2.75) is 126 Å². The molecule has 15 nitrogen and oxygen atoms in total. The second-order valence-corrected chi connectivity index (χ2v) is 19.9. The fraction of sp³-hybridized carbons (Fsp3) is 0.500. The SMILES string of the molecule is Cc1ccc2oc3c(O[C@@H]4C[C@H]5C(=O)N[C@]6(C(=O)NS(=O)(=O)C7CC7)C[C@@H]6/C=C\CCCCC[C@H](NC(=O)OC(C)(C)C)C(=O)N5C4)nc(-c4ccc(C(F)(F)F)cc4)nc3c2c1. The van der Waals surface area contributed by atoms with Crippen molar-refractivity contribution in [2.75, 3.05) is 6.54 Å². The lowest BCUT2D eigenvalue weighted by Crippen LogP contribution is -2.58. The Labute approximate surface area is 361 Å². The van der Waals surface area contributed by atoms with Crippen LogP contribution in [0.4, 0.5) is 18.0 Å². The molecule has 4 aromatic rings. The molecule has 2 aromatic carbocycles. The fourth-order valence-corrected chi connectivity index (χ4v) is 9.57. The minimum Gasteiger partial charge on any atom is -0.470 e. The van der Waals surface area contributed by atoms with Crippen LogP contribution in [0.2, 0.25) is 0 Å². The van der Waals surface area contributed by atoms with E-state index in [-0.39, 0.29) is 48.7 Å². The van der Waals surface area contributed by atoms with Crippen LogP contribution in [0.25, 0.3) is 33.5 Å². The number of halogens is 3. The van der Waals surface area contributed by atoms with Crippen molar-refractivity contribution >= 4 is 55.9 Å². The Morgan fingerprint density at radius 2 is 1.75 bits per heavy atom. The van der Waals surface area contributed by atoms with Crippen molar-refractivity contribution in [3.8, 4) is 17.3 Å². The Morgan fingerprint density at radius 3 is 2.44 bits per heavy atom. The summed E-state index contributed by atoms with van der Waals surface area (Å²) in [6.45, 7) is 6.72. The molecule has 2 aliphatic heterocycles. The number of hydrogen-bond acceptors (Lipinski definition) is 11. The Balaban J connectivity index is 1.16. The van der Waals surface area contributed by atoms with Crippen molar-refractivity contribution in [3.63, 3.8) is 0 Å². The summed E-state index contributed by atoms with van der Waals surface area (Å²) in [6.07, 6.45) is 0.964. The Morgan fingerprint density at radius 1 is 1.00 bits per heavy atom. The van der Waals surface area contributed by atoms with Gasteiger partial charge in [0.05, 0.1) is 17.4 Å². The number of hydrogen-bond donors (Lipinski definition) is 3. The summed E-state index contributed by atoms with van der Waals surface area (Å²) in [5.41, 5.74) is -1.34. The number of carbonyl (C=O) groups excluding carboxylic acids is 4. The van der Waals surface area contributed by atoms with Crippen LogP contribution in [0, 0.1) is 12.8 Å². The first-order valence-corrected chi connectivity index (χ1v) is 22.7. The maximum Gasteiger partial charge on any atom is 0.416 e. The van der Waals surface area contributed by atoms with Crippen molar-refractivity contribution < 1.29 is 54.7 Å². The van der Waals surface area contributed by atoms with Gasteiger partial charge in [-0.2, -0.15) is 18.2 Å². The van der Waals surface area contributed by atoms with Crippen LogP contribution in [0.1, 0.15) is 89.7 Å². The summed E-state index contributed by atoms with van der Waals surface area (Å²) < 4.78 is 86.8. The number of alkyl carbamates (subject to hydrolysis) is 1. The monoisotopic (exact) mass is 894 g/mol. The number of fused-ring (bicyclic) bond motifs is 5. The number of nitrogens with zero attached hydrogens (tertiary/aromatic N) is 3. The van der Waals surface area contributed by atoms with Gasteiger partial charge in [-0.15, -0.1) is 0 Å². The number of alkyl halides is 3. The molecular weight excluding hydrogens is 846 g/mol. The van der Waals surface area contributed by atoms with Gasteiger partial charge in [0.2, 0.25) is 27.4 Å². The van der Waals surface area contributed by atoms with Crippen LogP contribution in [-0.4, -0.2) is 88.2 Å². The maximum atomic E-state index is 14.7. The van der Waals surface area contributed by atoms with Gasteiger partial charge in [-0.25, -0.2) is 18.2 Å². The van der Waals surface area contributed by atoms with Crippen molar-refractivity contribution in [3.05, 3.63) is 65.7 Å². The second-order valence-electron chi connectivity index (χ2n) is 17.9. The summed E-state index contributed by atoms with van der Waals surface area (Å²) in [5.74, 6) is -2.81. The summed E-state index contributed by atoms with van der Waals surface area (Å²) >= 11 is 0. The van der Waals surface area contributed by atoms with Gasteiger partial charge in [0.15, 0.2) is 5.82 Å². The van der Waals surface area contributed by atoms with Crippen LogP contribution in [0.3, 0.4) is 0 Å². The molecule has 2 saturated carbocycles. The van der Waals surface area contributed by atoms with Crippen molar-refractivity contribution in [1.82, 2.24) is 30.2 Å². The number of allylic oxidation sites excluding steroid dienone is 1. The normalized spacial score (nSPS) is 25.3. The molecule has 0 unspecified atom stereocenters. The molecule has 3 N–H and O–H groups in total. The van der Waals surface area contributed by atoms with E-state index < -0.39 is 86.1 Å². The number of benzene rings is 2. The van der Waals surface area contributed by atoms with Gasteiger partial charge < -0.3 is 29.4 Å². The van der Waals surface area contributed by atoms with E-state index in [1.807, 2.05) is 31.2 Å². The summed E-state index contributed by atoms with van der Waals surface area (Å²) in [6, 6.07) is 7.34. The summed E-state index contributed by atoms with van der Waals surface area (Å²) in [4.78, 5) is 66.9. The molecule has 5 atom stereocenters. The molecule has 1 saturated heterocycles. The predicted octanol–water partition coefficient (Wildman–Crippen LogP) is 6.62. The molecule has 63 heavy (non-hydrogen) atoms. The van der Waals surface area contributed by atoms with Gasteiger partial charge in [0.25, 0.3) is 11.8 Å². The number of carbonyl (C=O) groups is 4. The standard InChI is InChI=1S/C44H49F3N6O9S/c1-24-12-19-33-30(20-24)34-35(61-33)38(50-36(49-34)25-13-15-26(16-14-25)44(45,46)47)60-28-21-32-37(54)51-43(40(56)52-63(58,59)29-17-18-29)22-27(43)10-8-6-5-7-9-11-31(39(55)53(32)23-28)48-41(57)62-42(2,3)4/h8,10,12-16,19-20,27-29,31-32H,5-7,9,11,17-18,21-23H2,1-4H3,(H,48,57)(H,51,54)(H,52,56)/b10-8-/t27-,28+,31-,32-,43+/m0/s1. The molecule has 0 radical (unpaired) electrons. The highest BCUT2D eigenvalue weighted by atomic mass is 32.2. The van der Waals surface area contributed by atoms with E-state index in [0.29, 0.717) is 48.6 Å². The van der Waals surface area contributed by atoms with Gasteiger partial charge in [0, 0.05) is 23.3 Å². The average molecular weight is 895 g/mol. The van der Waals surface area contributed by atoms with Crippen LogP contribution < -0.4 is 20.1 Å². The number of rotatable bonds is 7. The third kappa shape index (κ3) is 9.48. The lowest BCUT2D eigenvalue weighted by atomic mass is 10.0. The maximum absolute atomic E-state index is 14.7. The lowest BCUT2D eigenvalue weighted by molar-refractivity contribution is -0.141. The minimum atomic E-state index is -4.57. The molecule has 2 aromatic heterocycles. The number of ether oxygens (including phenoxy) is 2.